The van der Waals surface area contributed by atoms with Crippen LogP contribution in [0.4, 0.5) is 0 Å². The van der Waals surface area contributed by atoms with Crippen molar-refractivity contribution in [3.05, 3.63) is 99.7 Å². The minimum absolute atomic E-state index is 0.0895. The van der Waals surface area contributed by atoms with E-state index in [2.05, 4.69) is 0 Å². The summed E-state index contributed by atoms with van der Waals surface area (Å²) in [6.45, 7) is 3.31. The number of carbonyl (C=O) groups excluding carboxylic acids is 3. The van der Waals surface area contributed by atoms with Crippen LogP contribution in [0.1, 0.15) is 33.2 Å². The van der Waals surface area contributed by atoms with Crippen LogP contribution >= 0.6 is 0 Å². The number of aryl methyl sites for hydroxylation is 1. The second-order valence-electron chi connectivity index (χ2n) is 8.07. The number of imide groups is 1. The lowest BCUT2D eigenvalue weighted by Gasteiger charge is -2.21. The zero-order valence-corrected chi connectivity index (χ0v) is 18.4. The van der Waals surface area contributed by atoms with Crippen molar-refractivity contribution in [3.8, 4) is 17.1 Å². The number of para-hydroxylation sites is 1. The van der Waals surface area contributed by atoms with Crippen LogP contribution in [0.25, 0.3) is 22.3 Å². The Bertz CT molecular complexity index is 1500. The van der Waals surface area contributed by atoms with Gasteiger partial charge in [0.05, 0.1) is 16.5 Å². The first-order chi connectivity index (χ1) is 16.4. The Morgan fingerprint density at radius 1 is 0.853 bits per heavy atom. The maximum absolute atomic E-state index is 13.3. The SMILES string of the molecule is Cc1ccc(-c2oc3ccccc3c(=O)c2OC(=O)C(C)N2C(=O)c3ccccc3C2=O)cc1. The summed E-state index contributed by atoms with van der Waals surface area (Å²) in [4.78, 5) is 52.8. The van der Waals surface area contributed by atoms with E-state index in [0.717, 1.165) is 10.5 Å². The predicted molar refractivity (Wildman–Crippen MR) is 125 cm³/mol. The highest BCUT2D eigenvalue weighted by atomic mass is 16.5. The summed E-state index contributed by atoms with van der Waals surface area (Å²) in [5, 5.41) is 0.245. The molecule has 0 spiro atoms. The second kappa shape index (κ2) is 8.12. The van der Waals surface area contributed by atoms with Gasteiger partial charge in [-0.1, -0.05) is 54.1 Å². The smallest absolute Gasteiger partial charge is 0.334 e. The number of fused-ring (bicyclic) bond motifs is 2. The van der Waals surface area contributed by atoms with Gasteiger partial charge in [0, 0.05) is 5.56 Å². The van der Waals surface area contributed by atoms with Gasteiger partial charge in [-0.05, 0) is 38.1 Å². The van der Waals surface area contributed by atoms with Gasteiger partial charge in [0.15, 0.2) is 5.76 Å². The molecule has 0 saturated heterocycles. The zero-order valence-electron chi connectivity index (χ0n) is 18.4. The standard InChI is InChI=1S/C27H19NO6/c1-15-11-13-17(14-12-15)23-24(22(29)20-9-5-6-10-21(20)33-23)34-27(32)16(2)28-25(30)18-7-3-4-8-19(18)26(28)31/h3-14,16H,1-2H3. The number of nitrogens with zero attached hydrogens (tertiary/aromatic N) is 1. The molecule has 34 heavy (non-hydrogen) atoms. The summed E-state index contributed by atoms with van der Waals surface area (Å²) in [6.07, 6.45) is 0. The van der Waals surface area contributed by atoms with Gasteiger partial charge in [-0.2, -0.15) is 0 Å². The predicted octanol–water partition coefficient (Wildman–Crippen LogP) is 4.36. The fourth-order valence-corrected chi connectivity index (χ4v) is 3.96. The largest absolute Gasteiger partial charge is 0.452 e. The van der Waals surface area contributed by atoms with Gasteiger partial charge in [0.2, 0.25) is 11.2 Å². The molecule has 4 aromatic rings. The Labute approximate surface area is 194 Å². The monoisotopic (exact) mass is 453 g/mol. The van der Waals surface area contributed by atoms with E-state index in [1.807, 2.05) is 19.1 Å². The van der Waals surface area contributed by atoms with Gasteiger partial charge in [0.25, 0.3) is 11.8 Å². The second-order valence-corrected chi connectivity index (χ2v) is 8.07. The first-order valence-electron chi connectivity index (χ1n) is 10.7. The highest BCUT2D eigenvalue weighted by Gasteiger charge is 2.41. The topological polar surface area (TPSA) is 93.9 Å². The Morgan fingerprint density at radius 3 is 2.09 bits per heavy atom. The van der Waals surface area contributed by atoms with E-state index < -0.39 is 29.3 Å². The van der Waals surface area contributed by atoms with Crippen LogP contribution in [0, 0.1) is 6.92 Å². The Morgan fingerprint density at radius 2 is 1.44 bits per heavy atom. The fraction of sp³-hybridized carbons (Fsp3) is 0.111. The van der Waals surface area contributed by atoms with Gasteiger partial charge in [-0.15, -0.1) is 0 Å². The molecule has 1 atom stereocenters. The van der Waals surface area contributed by atoms with E-state index >= 15 is 0 Å². The molecular weight excluding hydrogens is 434 g/mol. The Hall–Kier alpha value is -4.52. The van der Waals surface area contributed by atoms with E-state index in [1.165, 1.54) is 19.1 Å². The molecule has 5 rings (SSSR count). The summed E-state index contributed by atoms with van der Waals surface area (Å²) < 4.78 is 11.5. The van der Waals surface area contributed by atoms with Crippen LogP contribution in [0.2, 0.25) is 0 Å². The lowest BCUT2D eigenvalue weighted by Crippen LogP contribution is -2.45. The van der Waals surface area contributed by atoms with Crippen molar-refractivity contribution in [2.24, 2.45) is 0 Å². The molecule has 1 unspecified atom stereocenters. The molecule has 7 heteroatoms. The first kappa shape index (κ1) is 21.3. The molecule has 1 aliphatic rings. The third-order valence-corrected chi connectivity index (χ3v) is 5.83. The van der Waals surface area contributed by atoms with Crippen molar-refractivity contribution in [1.82, 2.24) is 4.90 Å². The number of hydrogen-bond donors (Lipinski definition) is 0. The minimum atomic E-state index is -1.26. The van der Waals surface area contributed by atoms with E-state index in [0.29, 0.717) is 11.1 Å². The van der Waals surface area contributed by atoms with Crippen molar-refractivity contribution in [2.45, 2.75) is 19.9 Å². The molecule has 0 N–H and O–H groups in total. The maximum Gasteiger partial charge on any atom is 0.334 e. The molecule has 0 bridgehead atoms. The van der Waals surface area contributed by atoms with Crippen molar-refractivity contribution >= 4 is 28.8 Å². The first-order valence-corrected chi connectivity index (χ1v) is 10.7. The summed E-state index contributed by atoms with van der Waals surface area (Å²) >= 11 is 0. The van der Waals surface area contributed by atoms with Crippen LogP contribution < -0.4 is 10.2 Å². The van der Waals surface area contributed by atoms with Gasteiger partial charge in [0.1, 0.15) is 11.6 Å². The molecule has 0 saturated carbocycles. The van der Waals surface area contributed by atoms with Crippen molar-refractivity contribution in [1.29, 1.82) is 0 Å². The number of esters is 1. The molecule has 0 aliphatic carbocycles. The third kappa shape index (κ3) is 3.38. The highest BCUT2D eigenvalue weighted by Crippen LogP contribution is 2.32. The van der Waals surface area contributed by atoms with Crippen molar-refractivity contribution < 1.29 is 23.5 Å². The number of ether oxygens (including phenoxy) is 1. The molecule has 1 aromatic heterocycles. The van der Waals surface area contributed by atoms with Gasteiger partial charge in [-0.3, -0.25) is 19.3 Å². The normalized spacial score (nSPS) is 13.8. The van der Waals surface area contributed by atoms with Gasteiger partial charge < -0.3 is 9.15 Å². The van der Waals surface area contributed by atoms with Crippen molar-refractivity contribution in [2.75, 3.05) is 0 Å². The van der Waals surface area contributed by atoms with E-state index in [4.69, 9.17) is 9.15 Å². The number of amides is 2. The molecule has 168 valence electrons. The van der Waals surface area contributed by atoms with E-state index in [1.54, 1.807) is 48.5 Å². The highest BCUT2D eigenvalue weighted by molar-refractivity contribution is 6.22. The Balaban J connectivity index is 1.55. The third-order valence-electron chi connectivity index (χ3n) is 5.83. The molecule has 3 aromatic carbocycles. The van der Waals surface area contributed by atoms with Crippen LogP contribution in [0.15, 0.2) is 82.0 Å². The Kier molecular flexibility index (Phi) is 5.09. The lowest BCUT2D eigenvalue weighted by molar-refractivity contribution is -0.138. The molecule has 1 aliphatic heterocycles. The van der Waals surface area contributed by atoms with Crippen LogP contribution in [0.5, 0.6) is 5.75 Å². The average Bonchev–Trinajstić information content (AvgIpc) is 3.11. The van der Waals surface area contributed by atoms with Crippen LogP contribution in [-0.4, -0.2) is 28.7 Å². The number of benzene rings is 3. The zero-order chi connectivity index (χ0) is 24.0. The summed E-state index contributed by atoms with van der Waals surface area (Å²) in [6, 6.07) is 18.9. The summed E-state index contributed by atoms with van der Waals surface area (Å²) in [7, 11) is 0. The van der Waals surface area contributed by atoms with E-state index in [9.17, 15) is 19.2 Å². The maximum atomic E-state index is 13.3. The quantitative estimate of drug-likeness (QED) is 0.337. The average molecular weight is 453 g/mol. The summed E-state index contributed by atoms with van der Waals surface area (Å²) in [5.41, 5.74) is 1.81. The molecule has 0 fully saturated rings. The molecular formula is C27H19NO6. The minimum Gasteiger partial charge on any atom is -0.452 e. The number of carbonyl (C=O) groups is 3. The number of rotatable bonds is 4. The number of hydrogen-bond acceptors (Lipinski definition) is 6. The van der Waals surface area contributed by atoms with Crippen LogP contribution in [-0.2, 0) is 4.79 Å². The molecule has 7 nitrogen and oxygen atoms in total. The fourth-order valence-electron chi connectivity index (χ4n) is 3.96. The molecule has 0 radical (unpaired) electrons. The summed E-state index contributed by atoms with van der Waals surface area (Å²) in [5.74, 6) is -2.31. The molecule has 2 amide bonds. The lowest BCUT2D eigenvalue weighted by atomic mass is 10.1. The van der Waals surface area contributed by atoms with Crippen LogP contribution in [0.3, 0.4) is 0 Å². The molecule has 2 heterocycles. The van der Waals surface area contributed by atoms with Gasteiger partial charge in [-0.25, -0.2) is 4.79 Å². The van der Waals surface area contributed by atoms with E-state index in [-0.39, 0.29) is 28.0 Å². The van der Waals surface area contributed by atoms with Crippen molar-refractivity contribution in [3.63, 3.8) is 0 Å². The van der Waals surface area contributed by atoms with Gasteiger partial charge >= 0.3 is 5.97 Å².